The summed E-state index contributed by atoms with van der Waals surface area (Å²) in [5, 5.41) is 3.24. The van der Waals surface area contributed by atoms with Crippen LogP contribution in [-0.4, -0.2) is 97.1 Å². The molecule has 4 aliphatic rings. The van der Waals surface area contributed by atoms with Gasteiger partial charge in [-0.1, -0.05) is 23.7 Å². The maximum Gasteiger partial charge on any atom is 0.258 e. The van der Waals surface area contributed by atoms with Gasteiger partial charge in [0.2, 0.25) is 11.8 Å². The fourth-order valence-corrected chi connectivity index (χ4v) is 7.04. The Hall–Kier alpha value is -3.67. The summed E-state index contributed by atoms with van der Waals surface area (Å²) in [5.41, 5.74) is 2.16. The fraction of sp³-hybridized carbons (Fsp3) is 0.469. The van der Waals surface area contributed by atoms with Crippen molar-refractivity contribution in [2.24, 2.45) is 0 Å². The number of carbonyl (C=O) groups excluding carboxylic acids is 1. The van der Waals surface area contributed by atoms with Crippen LogP contribution in [0.1, 0.15) is 41.6 Å². The Balaban J connectivity index is 1.07. The molecule has 0 bridgehead atoms. The van der Waals surface area contributed by atoms with Gasteiger partial charge in [0.25, 0.3) is 5.91 Å². The first-order chi connectivity index (χ1) is 21.3. The summed E-state index contributed by atoms with van der Waals surface area (Å²) in [7, 11) is 5.55. The van der Waals surface area contributed by atoms with Gasteiger partial charge in [-0.25, -0.2) is 9.37 Å². The minimum absolute atomic E-state index is 0.0829. The maximum absolute atomic E-state index is 15.6. The number of nitrogens with zero attached hydrogens (tertiary/aromatic N) is 6. The molecule has 10 nitrogen and oxygen atoms in total. The maximum atomic E-state index is 15.6. The molecule has 3 aromatic rings. The van der Waals surface area contributed by atoms with Crippen LogP contribution in [-0.2, 0) is 5.54 Å². The first-order valence-corrected chi connectivity index (χ1v) is 15.6. The number of ether oxygens (including phenoxy) is 2. The molecule has 2 saturated heterocycles. The van der Waals surface area contributed by atoms with E-state index >= 15 is 4.39 Å². The molecule has 44 heavy (non-hydrogen) atoms. The molecule has 1 N–H and O–H groups in total. The second-order valence-corrected chi connectivity index (χ2v) is 12.6. The van der Waals surface area contributed by atoms with Gasteiger partial charge in [-0.05, 0) is 44.4 Å². The van der Waals surface area contributed by atoms with Crippen LogP contribution in [0.4, 0.5) is 21.7 Å². The van der Waals surface area contributed by atoms with Crippen molar-refractivity contribution in [2.45, 2.75) is 37.3 Å². The average Bonchev–Trinajstić information content (AvgIpc) is 3.81. The van der Waals surface area contributed by atoms with E-state index < -0.39 is 0 Å². The van der Waals surface area contributed by atoms with Crippen molar-refractivity contribution in [3.05, 3.63) is 58.5 Å². The zero-order valence-corrected chi connectivity index (χ0v) is 26.0. The van der Waals surface area contributed by atoms with Crippen LogP contribution in [0.25, 0.3) is 0 Å². The molecule has 1 aliphatic carbocycles. The summed E-state index contributed by atoms with van der Waals surface area (Å²) in [6, 6.07) is 9.26. The number of nitrogens with one attached hydrogen (secondary N) is 1. The number of piperidine rings is 1. The Kier molecular flexibility index (Phi) is 7.50. The van der Waals surface area contributed by atoms with Gasteiger partial charge in [-0.3, -0.25) is 9.69 Å². The lowest BCUT2D eigenvalue weighted by Crippen LogP contribution is -2.52. The Morgan fingerprint density at radius 3 is 2.50 bits per heavy atom. The van der Waals surface area contributed by atoms with E-state index in [1.807, 2.05) is 19.2 Å². The summed E-state index contributed by atoms with van der Waals surface area (Å²) in [5.74, 6) is 0.655. The van der Waals surface area contributed by atoms with Crippen LogP contribution >= 0.6 is 11.6 Å². The number of likely N-dealkylation sites (N-methyl/N-ethyl adjacent to an activating group) is 1. The molecule has 4 heterocycles. The molecule has 1 saturated carbocycles. The zero-order chi connectivity index (χ0) is 30.6. The Bertz CT molecular complexity index is 1590. The quantitative estimate of drug-likeness (QED) is 0.387. The van der Waals surface area contributed by atoms with Crippen molar-refractivity contribution in [1.29, 1.82) is 0 Å². The molecule has 2 aromatic carbocycles. The number of benzene rings is 2. The van der Waals surface area contributed by atoms with Gasteiger partial charge >= 0.3 is 0 Å². The Labute approximate surface area is 261 Å². The average molecular weight is 622 g/mol. The molecule has 0 atom stereocenters. The lowest BCUT2D eigenvalue weighted by atomic mass is 10.0. The molecule has 232 valence electrons. The number of amides is 1. The highest BCUT2D eigenvalue weighted by atomic mass is 35.5. The lowest BCUT2D eigenvalue weighted by Gasteiger charge is -2.42. The summed E-state index contributed by atoms with van der Waals surface area (Å²) in [6.07, 6.45) is 5.27. The zero-order valence-electron chi connectivity index (χ0n) is 25.3. The first kappa shape index (κ1) is 29.1. The van der Waals surface area contributed by atoms with E-state index in [0.29, 0.717) is 34.5 Å². The van der Waals surface area contributed by atoms with Crippen LogP contribution < -0.4 is 19.7 Å². The largest absolute Gasteiger partial charge is 0.494 e. The molecule has 1 amide bonds. The predicted octanol–water partition coefficient (Wildman–Crippen LogP) is 5.10. The molecule has 1 aromatic heterocycles. The van der Waals surface area contributed by atoms with Gasteiger partial charge in [-0.2, -0.15) is 4.98 Å². The summed E-state index contributed by atoms with van der Waals surface area (Å²) in [6.45, 7) is 5.94. The van der Waals surface area contributed by atoms with Crippen molar-refractivity contribution in [3.63, 3.8) is 0 Å². The molecular formula is C32H37ClFN7O3. The van der Waals surface area contributed by atoms with Crippen LogP contribution in [0.5, 0.6) is 17.4 Å². The van der Waals surface area contributed by atoms with Crippen LogP contribution in [0.15, 0.2) is 36.5 Å². The van der Waals surface area contributed by atoms with Gasteiger partial charge in [-0.15, -0.1) is 0 Å². The van der Waals surface area contributed by atoms with Crippen molar-refractivity contribution in [3.8, 4) is 17.4 Å². The second-order valence-electron chi connectivity index (χ2n) is 12.2. The number of methoxy groups -OCH3 is 1. The molecular weight excluding hydrogens is 585 g/mol. The van der Waals surface area contributed by atoms with Crippen molar-refractivity contribution >= 4 is 34.8 Å². The summed E-state index contributed by atoms with van der Waals surface area (Å²) < 4.78 is 27.3. The molecule has 3 aliphatic heterocycles. The van der Waals surface area contributed by atoms with Gasteiger partial charge < -0.3 is 29.5 Å². The molecule has 3 fully saturated rings. The number of fused-ring (bicyclic) bond motifs is 2. The van der Waals surface area contributed by atoms with E-state index in [1.165, 1.54) is 12.3 Å². The number of hydrogen-bond donors (Lipinski definition) is 1. The predicted molar refractivity (Wildman–Crippen MR) is 167 cm³/mol. The monoisotopic (exact) mass is 621 g/mol. The minimum Gasteiger partial charge on any atom is -0.494 e. The van der Waals surface area contributed by atoms with E-state index in [0.717, 1.165) is 70.5 Å². The second kappa shape index (κ2) is 11.4. The Morgan fingerprint density at radius 1 is 1.05 bits per heavy atom. The SMILES string of the molecule is COc1cc(N2CCC(N3CCN(C)CC3)CC2)c(F)cc1Nc1ncc(Cl)c(Oc2cccc3c2C(=O)N(C)C32CC2)n1. The highest BCUT2D eigenvalue weighted by Gasteiger charge is 2.57. The van der Waals surface area contributed by atoms with Gasteiger partial charge in [0.15, 0.2) is 0 Å². The molecule has 0 unspecified atom stereocenters. The summed E-state index contributed by atoms with van der Waals surface area (Å²) >= 11 is 6.42. The highest BCUT2D eigenvalue weighted by Crippen LogP contribution is 2.57. The van der Waals surface area contributed by atoms with Gasteiger partial charge in [0.05, 0.1) is 35.8 Å². The van der Waals surface area contributed by atoms with E-state index in [9.17, 15) is 4.79 Å². The topological polar surface area (TPSA) is 86.3 Å². The van der Waals surface area contributed by atoms with Gasteiger partial charge in [0, 0.05) is 64.5 Å². The number of piperazine rings is 1. The number of hydrogen-bond acceptors (Lipinski definition) is 9. The van der Waals surface area contributed by atoms with Crippen LogP contribution in [0.2, 0.25) is 5.02 Å². The van der Waals surface area contributed by atoms with E-state index in [1.54, 1.807) is 24.1 Å². The first-order valence-electron chi connectivity index (χ1n) is 15.2. The van der Waals surface area contributed by atoms with Crippen LogP contribution in [0.3, 0.4) is 0 Å². The third-order valence-electron chi connectivity index (χ3n) is 9.71. The third kappa shape index (κ3) is 5.10. The van der Waals surface area contributed by atoms with Crippen molar-refractivity contribution < 1.29 is 18.7 Å². The van der Waals surface area contributed by atoms with E-state index in [4.69, 9.17) is 21.1 Å². The minimum atomic E-state index is -0.353. The number of carbonyl (C=O) groups is 1. The van der Waals surface area contributed by atoms with Crippen molar-refractivity contribution in [1.82, 2.24) is 24.7 Å². The number of rotatable bonds is 7. The Morgan fingerprint density at radius 2 is 1.80 bits per heavy atom. The fourth-order valence-electron chi connectivity index (χ4n) is 6.91. The number of anilines is 3. The molecule has 7 rings (SSSR count). The normalized spacial score (nSPS) is 20.2. The van der Waals surface area contributed by atoms with Crippen molar-refractivity contribution in [2.75, 3.05) is 70.7 Å². The third-order valence-corrected chi connectivity index (χ3v) is 9.96. The highest BCUT2D eigenvalue weighted by molar-refractivity contribution is 6.31. The van der Waals surface area contributed by atoms with Gasteiger partial charge in [0.1, 0.15) is 22.3 Å². The molecule has 0 radical (unpaired) electrons. The summed E-state index contributed by atoms with van der Waals surface area (Å²) in [4.78, 5) is 30.7. The standard InChI is InChI=1S/C32H37ClFN7O3/c1-38-13-15-40(16-14-38)20-7-11-41(12-8-20)25-18-27(43-3)24(17-23(25)34)36-31-35-19-22(33)29(37-31)44-26-6-4-5-21-28(26)30(42)39(2)32(21)9-10-32/h4-6,17-20H,7-16H2,1-3H3,(H,35,36,37). The van der Waals surface area contributed by atoms with Crippen LogP contribution in [0, 0.1) is 5.82 Å². The van der Waals surface area contributed by atoms with E-state index in [-0.39, 0.29) is 34.1 Å². The smallest absolute Gasteiger partial charge is 0.258 e. The molecule has 12 heteroatoms. The molecule has 1 spiro atoms. The number of halogens is 2. The number of aromatic nitrogens is 2. The van der Waals surface area contributed by atoms with E-state index in [2.05, 4.69) is 37.0 Å². The lowest BCUT2D eigenvalue weighted by molar-refractivity contribution is 0.0753.